The Hall–Kier alpha value is -1.86. The molecule has 3 rings (SSSR count). The number of aliphatic hydroxyl groups excluding tert-OH is 1. The minimum Gasteiger partial charge on any atom is -0.487 e. The summed E-state index contributed by atoms with van der Waals surface area (Å²) in [5, 5.41) is 20.5. The predicted octanol–water partition coefficient (Wildman–Crippen LogP) is 1.42. The minimum atomic E-state index is -0.311. The van der Waals surface area contributed by atoms with Crippen LogP contribution < -0.4 is 9.64 Å². The summed E-state index contributed by atoms with van der Waals surface area (Å²) in [7, 11) is 0. The van der Waals surface area contributed by atoms with E-state index in [0.29, 0.717) is 31.7 Å². The van der Waals surface area contributed by atoms with Crippen molar-refractivity contribution in [3.8, 4) is 5.75 Å². The fourth-order valence-corrected chi connectivity index (χ4v) is 3.38. The number of benzene rings is 1. The van der Waals surface area contributed by atoms with Gasteiger partial charge >= 0.3 is 0 Å². The third kappa shape index (κ3) is 3.25. The molecule has 1 N–H and O–H groups in total. The number of nitro groups is 1. The van der Waals surface area contributed by atoms with E-state index in [1.165, 1.54) is 0 Å². The van der Waals surface area contributed by atoms with Gasteiger partial charge < -0.3 is 14.7 Å². The number of β-amino-alcohol motifs (C(OH)–C–C–N with tert-alkyl or cyclic N) is 1. The highest BCUT2D eigenvalue weighted by Gasteiger charge is 2.34. The molecule has 2 aliphatic rings. The highest BCUT2D eigenvalue weighted by molar-refractivity contribution is 5.69. The Kier molecular flexibility index (Phi) is 4.16. The van der Waals surface area contributed by atoms with Gasteiger partial charge in [-0.05, 0) is 13.8 Å². The summed E-state index contributed by atoms with van der Waals surface area (Å²) >= 11 is 0. The third-order valence-corrected chi connectivity index (χ3v) is 4.49. The number of aliphatic hydroxyl groups is 1. The Morgan fingerprint density at radius 3 is 2.61 bits per heavy atom. The maximum absolute atomic E-state index is 11.5. The maximum Gasteiger partial charge on any atom is 0.293 e. The molecule has 2 aliphatic heterocycles. The standard InChI is InChI=1S/C16H23N3O4/c1-16(2)11-12-9-14(19(21)22)13(10-15(12)23-16)18-5-3-17(4-6-18)7-8-20/h9-10,20H,3-8,11H2,1-2H3. The summed E-state index contributed by atoms with van der Waals surface area (Å²) in [6.45, 7) is 7.78. The summed E-state index contributed by atoms with van der Waals surface area (Å²) in [4.78, 5) is 15.4. The highest BCUT2D eigenvalue weighted by Crippen LogP contribution is 2.42. The highest BCUT2D eigenvalue weighted by atomic mass is 16.6. The van der Waals surface area contributed by atoms with Crippen LogP contribution in [0, 0.1) is 10.1 Å². The van der Waals surface area contributed by atoms with E-state index in [-0.39, 0.29) is 22.8 Å². The molecule has 1 aromatic carbocycles. The van der Waals surface area contributed by atoms with E-state index < -0.39 is 0 Å². The van der Waals surface area contributed by atoms with Crippen LogP contribution in [-0.2, 0) is 6.42 Å². The molecule has 0 saturated carbocycles. The molecule has 0 aliphatic carbocycles. The number of nitrogens with zero attached hydrogens (tertiary/aromatic N) is 3. The molecule has 0 spiro atoms. The summed E-state index contributed by atoms with van der Waals surface area (Å²) in [5.41, 5.74) is 1.38. The van der Waals surface area contributed by atoms with Gasteiger partial charge in [-0.2, -0.15) is 0 Å². The summed E-state index contributed by atoms with van der Waals surface area (Å²) in [5.74, 6) is 0.758. The van der Waals surface area contributed by atoms with Gasteiger partial charge in [0.1, 0.15) is 17.0 Å². The molecule has 2 heterocycles. The first kappa shape index (κ1) is 16.0. The second kappa shape index (κ2) is 5.98. The molecule has 7 nitrogen and oxygen atoms in total. The maximum atomic E-state index is 11.5. The van der Waals surface area contributed by atoms with E-state index in [4.69, 9.17) is 9.84 Å². The van der Waals surface area contributed by atoms with Crippen LogP contribution >= 0.6 is 0 Å². The zero-order valence-corrected chi connectivity index (χ0v) is 13.6. The molecule has 1 aromatic rings. The molecule has 0 radical (unpaired) electrons. The number of ether oxygens (including phenoxy) is 1. The van der Waals surface area contributed by atoms with Gasteiger partial charge in [0.25, 0.3) is 5.69 Å². The van der Waals surface area contributed by atoms with E-state index >= 15 is 0 Å². The van der Waals surface area contributed by atoms with Gasteiger partial charge in [0.15, 0.2) is 0 Å². The van der Waals surface area contributed by atoms with Gasteiger partial charge in [0, 0.05) is 56.8 Å². The third-order valence-electron chi connectivity index (χ3n) is 4.49. The molecule has 0 amide bonds. The minimum absolute atomic E-state index is 0.141. The second-order valence-corrected chi connectivity index (χ2v) is 6.80. The Morgan fingerprint density at radius 1 is 1.30 bits per heavy atom. The molecule has 0 bridgehead atoms. The molecule has 0 unspecified atom stereocenters. The average molecular weight is 321 g/mol. The lowest BCUT2D eigenvalue weighted by Crippen LogP contribution is -2.47. The number of hydrogen-bond acceptors (Lipinski definition) is 6. The zero-order chi connectivity index (χ0) is 16.6. The van der Waals surface area contributed by atoms with Crippen molar-refractivity contribution in [1.29, 1.82) is 0 Å². The van der Waals surface area contributed by atoms with E-state index in [2.05, 4.69) is 4.90 Å². The van der Waals surface area contributed by atoms with Crippen LogP contribution in [-0.4, -0.2) is 59.9 Å². The quantitative estimate of drug-likeness (QED) is 0.667. The SMILES string of the molecule is CC1(C)Cc2cc([N+](=O)[O-])c(N3CCN(CCO)CC3)cc2O1. The number of fused-ring (bicyclic) bond motifs is 1. The molecule has 1 fully saturated rings. The van der Waals surface area contributed by atoms with Crippen molar-refractivity contribution >= 4 is 11.4 Å². The van der Waals surface area contributed by atoms with Crippen LogP contribution in [0.25, 0.3) is 0 Å². The number of rotatable bonds is 4. The normalized spacial score (nSPS) is 20.2. The second-order valence-electron chi connectivity index (χ2n) is 6.80. The first-order valence-corrected chi connectivity index (χ1v) is 7.98. The van der Waals surface area contributed by atoms with Crippen LogP contribution in [0.2, 0.25) is 0 Å². The van der Waals surface area contributed by atoms with E-state index in [1.807, 2.05) is 24.8 Å². The van der Waals surface area contributed by atoms with E-state index in [1.54, 1.807) is 6.07 Å². The average Bonchev–Trinajstić information content (AvgIpc) is 2.80. The van der Waals surface area contributed by atoms with E-state index in [9.17, 15) is 10.1 Å². The van der Waals surface area contributed by atoms with Gasteiger partial charge in [0.05, 0.1) is 11.5 Å². The number of nitro benzene ring substituents is 1. The smallest absolute Gasteiger partial charge is 0.293 e. The van der Waals surface area contributed by atoms with Gasteiger partial charge in [0.2, 0.25) is 0 Å². The predicted molar refractivity (Wildman–Crippen MR) is 87.2 cm³/mol. The van der Waals surface area contributed by atoms with Gasteiger partial charge in [-0.25, -0.2) is 0 Å². The summed E-state index contributed by atoms with van der Waals surface area (Å²) < 4.78 is 5.93. The molecule has 7 heteroatoms. The molecular formula is C16H23N3O4. The van der Waals surface area contributed by atoms with Crippen LogP contribution in [0.1, 0.15) is 19.4 Å². The lowest BCUT2D eigenvalue weighted by molar-refractivity contribution is -0.384. The number of anilines is 1. The molecule has 126 valence electrons. The molecule has 0 aromatic heterocycles. The Bertz CT molecular complexity index is 610. The number of hydrogen-bond donors (Lipinski definition) is 1. The molecule has 0 atom stereocenters. The van der Waals surface area contributed by atoms with Crippen LogP contribution in [0.3, 0.4) is 0 Å². The lowest BCUT2D eigenvalue weighted by Gasteiger charge is -2.35. The fraction of sp³-hybridized carbons (Fsp3) is 0.625. The Labute approximate surface area is 135 Å². The Morgan fingerprint density at radius 2 is 2.00 bits per heavy atom. The van der Waals surface area contributed by atoms with E-state index in [0.717, 1.165) is 24.4 Å². The monoisotopic (exact) mass is 321 g/mol. The van der Waals surface area contributed by atoms with Gasteiger partial charge in [-0.15, -0.1) is 0 Å². The fourth-order valence-electron chi connectivity index (χ4n) is 3.38. The van der Waals surface area contributed by atoms with Crippen LogP contribution in [0.5, 0.6) is 5.75 Å². The first-order chi connectivity index (χ1) is 10.9. The number of piperazine rings is 1. The summed E-state index contributed by atoms with van der Waals surface area (Å²) in [6, 6.07) is 3.49. The van der Waals surface area contributed by atoms with Gasteiger partial charge in [-0.1, -0.05) is 0 Å². The van der Waals surface area contributed by atoms with Crippen molar-refractivity contribution in [2.75, 3.05) is 44.2 Å². The van der Waals surface area contributed by atoms with Crippen LogP contribution in [0.15, 0.2) is 12.1 Å². The molecule has 1 saturated heterocycles. The Balaban J connectivity index is 1.86. The lowest BCUT2D eigenvalue weighted by atomic mass is 10.0. The van der Waals surface area contributed by atoms with Crippen molar-refractivity contribution in [2.45, 2.75) is 25.9 Å². The topological polar surface area (TPSA) is 79.1 Å². The van der Waals surface area contributed by atoms with Crippen molar-refractivity contribution < 1.29 is 14.8 Å². The van der Waals surface area contributed by atoms with Gasteiger partial charge in [-0.3, -0.25) is 15.0 Å². The van der Waals surface area contributed by atoms with Crippen molar-refractivity contribution in [2.24, 2.45) is 0 Å². The zero-order valence-electron chi connectivity index (χ0n) is 13.6. The largest absolute Gasteiger partial charge is 0.487 e. The van der Waals surface area contributed by atoms with Crippen molar-refractivity contribution in [3.63, 3.8) is 0 Å². The molecular weight excluding hydrogens is 298 g/mol. The first-order valence-electron chi connectivity index (χ1n) is 7.98. The van der Waals surface area contributed by atoms with Crippen LogP contribution in [0.4, 0.5) is 11.4 Å². The van der Waals surface area contributed by atoms with Crippen molar-refractivity contribution in [1.82, 2.24) is 4.90 Å². The molecule has 23 heavy (non-hydrogen) atoms. The van der Waals surface area contributed by atoms with Crippen molar-refractivity contribution in [3.05, 3.63) is 27.8 Å². The summed E-state index contributed by atoms with van der Waals surface area (Å²) in [6.07, 6.45) is 0.688.